The Morgan fingerprint density at radius 2 is 1.85 bits per heavy atom. The zero-order valence-corrected chi connectivity index (χ0v) is 15.8. The van der Waals surface area contributed by atoms with E-state index in [1.165, 1.54) is 12.1 Å². The Hall–Kier alpha value is -2.09. The van der Waals surface area contributed by atoms with Crippen molar-refractivity contribution in [2.24, 2.45) is 5.73 Å². The van der Waals surface area contributed by atoms with Crippen molar-refractivity contribution >= 4 is 34.0 Å². The normalized spacial score (nSPS) is 17.3. The first kappa shape index (κ1) is 20.2. The number of rotatable bonds is 4. The van der Waals surface area contributed by atoms with Gasteiger partial charge < -0.3 is 10.6 Å². The Balaban J connectivity index is 0.00000243. The minimum absolute atomic E-state index is 0. The van der Waals surface area contributed by atoms with Gasteiger partial charge in [-0.1, -0.05) is 24.3 Å². The maximum Gasteiger partial charge on any atom is 0.261 e. The molecule has 0 spiro atoms. The highest BCUT2D eigenvalue weighted by molar-refractivity contribution is 7.92. The van der Waals surface area contributed by atoms with Crippen LogP contribution in [0, 0.1) is 0 Å². The number of nitrogens with one attached hydrogen (secondary N) is 1. The van der Waals surface area contributed by atoms with Crippen molar-refractivity contribution in [3.05, 3.63) is 60.2 Å². The molecule has 1 fully saturated rings. The topological polar surface area (TPSA) is 92.5 Å². The summed E-state index contributed by atoms with van der Waals surface area (Å²) in [5, 5.41) is 0. The van der Waals surface area contributed by atoms with E-state index in [1.54, 1.807) is 47.4 Å². The molecule has 0 saturated carbocycles. The minimum Gasteiger partial charge on any atom is -0.337 e. The predicted molar refractivity (Wildman–Crippen MR) is 104 cm³/mol. The molecule has 26 heavy (non-hydrogen) atoms. The van der Waals surface area contributed by atoms with Crippen LogP contribution in [-0.4, -0.2) is 38.4 Å². The van der Waals surface area contributed by atoms with Gasteiger partial charge in [-0.2, -0.15) is 0 Å². The highest BCUT2D eigenvalue weighted by Gasteiger charge is 2.23. The third-order valence-corrected chi connectivity index (χ3v) is 5.56. The fourth-order valence-electron chi connectivity index (χ4n) is 2.91. The third kappa shape index (κ3) is 4.75. The number of halogens is 1. The van der Waals surface area contributed by atoms with Crippen LogP contribution in [0.25, 0.3) is 0 Å². The number of nitrogens with two attached hydrogens (primary N) is 1. The Morgan fingerprint density at radius 1 is 1.12 bits per heavy atom. The van der Waals surface area contributed by atoms with Crippen LogP contribution < -0.4 is 10.5 Å². The molecule has 0 radical (unpaired) electrons. The average molecular weight is 396 g/mol. The van der Waals surface area contributed by atoms with E-state index in [-0.39, 0.29) is 29.3 Å². The first-order chi connectivity index (χ1) is 12.0. The third-order valence-electron chi connectivity index (χ3n) is 4.16. The average Bonchev–Trinajstić information content (AvgIpc) is 2.62. The second kappa shape index (κ2) is 8.53. The van der Waals surface area contributed by atoms with E-state index >= 15 is 0 Å². The number of carbonyl (C=O) groups is 1. The number of benzene rings is 2. The quantitative estimate of drug-likeness (QED) is 0.831. The van der Waals surface area contributed by atoms with Crippen LogP contribution >= 0.6 is 12.4 Å². The second-order valence-corrected chi connectivity index (χ2v) is 7.84. The van der Waals surface area contributed by atoms with Gasteiger partial charge in [-0.3, -0.25) is 9.52 Å². The van der Waals surface area contributed by atoms with E-state index in [1.807, 2.05) is 0 Å². The van der Waals surface area contributed by atoms with Crippen molar-refractivity contribution in [2.75, 3.05) is 17.8 Å². The molecule has 1 atom stereocenters. The Morgan fingerprint density at radius 3 is 2.54 bits per heavy atom. The lowest BCUT2D eigenvalue weighted by atomic mass is 10.1. The number of amides is 1. The molecule has 0 aliphatic carbocycles. The molecule has 1 saturated heterocycles. The van der Waals surface area contributed by atoms with Crippen molar-refractivity contribution < 1.29 is 13.2 Å². The maximum absolute atomic E-state index is 12.6. The van der Waals surface area contributed by atoms with Crippen molar-refractivity contribution in [2.45, 2.75) is 23.8 Å². The van der Waals surface area contributed by atoms with Gasteiger partial charge in [0.1, 0.15) is 0 Å². The van der Waals surface area contributed by atoms with E-state index in [0.29, 0.717) is 24.3 Å². The Labute approximate surface area is 159 Å². The molecule has 140 valence electrons. The number of hydrogen-bond acceptors (Lipinski definition) is 4. The number of nitrogens with zero attached hydrogens (tertiary/aromatic N) is 1. The zero-order chi connectivity index (χ0) is 17.9. The first-order valence-electron chi connectivity index (χ1n) is 8.18. The smallest absolute Gasteiger partial charge is 0.261 e. The van der Waals surface area contributed by atoms with E-state index in [0.717, 1.165) is 12.8 Å². The number of likely N-dealkylation sites (tertiary alicyclic amines) is 1. The first-order valence-corrected chi connectivity index (χ1v) is 9.67. The summed E-state index contributed by atoms with van der Waals surface area (Å²) < 4.78 is 27.3. The molecule has 1 aliphatic rings. The molecular weight excluding hydrogens is 374 g/mol. The number of anilines is 1. The van der Waals surface area contributed by atoms with Gasteiger partial charge in [0, 0.05) is 30.4 Å². The van der Waals surface area contributed by atoms with Gasteiger partial charge in [-0.15, -0.1) is 12.4 Å². The van der Waals surface area contributed by atoms with Crippen molar-refractivity contribution in [3.63, 3.8) is 0 Å². The molecule has 1 unspecified atom stereocenters. The van der Waals surface area contributed by atoms with E-state index in [2.05, 4.69) is 4.72 Å². The molecule has 0 bridgehead atoms. The predicted octanol–water partition coefficient (Wildman–Crippen LogP) is 2.47. The lowest BCUT2D eigenvalue weighted by molar-refractivity contribution is 0.0709. The van der Waals surface area contributed by atoms with E-state index in [4.69, 9.17) is 5.73 Å². The molecule has 1 heterocycles. The van der Waals surface area contributed by atoms with Crippen LogP contribution in [0.2, 0.25) is 0 Å². The van der Waals surface area contributed by atoms with Gasteiger partial charge >= 0.3 is 0 Å². The molecule has 3 N–H and O–H groups in total. The molecule has 2 aromatic carbocycles. The summed E-state index contributed by atoms with van der Waals surface area (Å²) >= 11 is 0. The van der Waals surface area contributed by atoms with Crippen LogP contribution in [-0.2, 0) is 10.0 Å². The summed E-state index contributed by atoms with van der Waals surface area (Å²) in [7, 11) is -3.68. The van der Waals surface area contributed by atoms with Crippen molar-refractivity contribution in [1.82, 2.24) is 4.90 Å². The zero-order valence-electron chi connectivity index (χ0n) is 14.2. The highest BCUT2D eigenvalue weighted by atomic mass is 35.5. The minimum atomic E-state index is -3.68. The number of sulfonamides is 1. The molecule has 1 aliphatic heterocycles. The maximum atomic E-state index is 12.6. The summed E-state index contributed by atoms with van der Waals surface area (Å²) in [5.74, 6) is -0.129. The van der Waals surface area contributed by atoms with Crippen LogP contribution in [0.15, 0.2) is 59.5 Å². The summed E-state index contributed by atoms with van der Waals surface area (Å²) in [6, 6.07) is 14.6. The molecule has 1 amide bonds. The van der Waals surface area contributed by atoms with Gasteiger partial charge in [0.25, 0.3) is 15.9 Å². The molecule has 0 aromatic heterocycles. The van der Waals surface area contributed by atoms with E-state index in [9.17, 15) is 13.2 Å². The standard InChI is InChI=1S/C18H21N3O3S.ClH/c19-15-7-5-11-21(13-15)18(22)14-6-4-8-16(12-14)20-25(23,24)17-9-2-1-3-10-17;/h1-4,6,8-10,12,15,20H,5,7,11,13,19H2;1H. The lowest BCUT2D eigenvalue weighted by Crippen LogP contribution is -2.45. The van der Waals surface area contributed by atoms with Gasteiger partial charge in [-0.25, -0.2) is 8.42 Å². The monoisotopic (exact) mass is 395 g/mol. The molecule has 8 heteroatoms. The summed E-state index contributed by atoms with van der Waals surface area (Å²) in [4.78, 5) is 14.5. The molecule has 6 nitrogen and oxygen atoms in total. The SMILES string of the molecule is Cl.NC1CCCN(C(=O)c2cccc(NS(=O)(=O)c3ccccc3)c2)C1. The number of carbonyl (C=O) groups excluding carboxylic acids is 1. The summed E-state index contributed by atoms with van der Waals surface area (Å²) in [6.45, 7) is 1.20. The van der Waals surface area contributed by atoms with Crippen molar-refractivity contribution in [3.8, 4) is 0 Å². The van der Waals surface area contributed by atoms with Crippen LogP contribution in [0.3, 0.4) is 0 Å². The fraction of sp³-hybridized carbons (Fsp3) is 0.278. The molecular formula is C18H22ClN3O3S. The molecule has 2 aromatic rings. The second-order valence-electron chi connectivity index (χ2n) is 6.15. The molecule has 3 rings (SSSR count). The Bertz CT molecular complexity index is 859. The lowest BCUT2D eigenvalue weighted by Gasteiger charge is -2.30. The fourth-order valence-corrected chi connectivity index (χ4v) is 3.98. The van der Waals surface area contributed by atoms with Gasteiger partial charge in [0.15, 0.2) is 0 Å². The van der Waals surface area contributed by atoms with Crippen LogP contribution in [0.5, 0.6) is 0 Å². The van der Waals surface area contributed by atoms with E-state index < -0.39 is 10.0 Å². The van der Waals surface area contributed by atoms with Gasteiger partial charge in [0.05, 0.1) is 4.90 Å². The Kier molecular flexibility index (Phi) is 6.63. The van der Waals surface area contributed by atoms with Gasteiger partial charge in [-0.05, 0) is 43.2 Å². The van der Waals surface area contributed by atoms with Crippen LogP contribution in [0.4, 0.5) is 5.69 Å². The summed E-state index contributed by atoms with van der Waals surface area (Å²) in [6.07, 6.45) is 1.80. The highest BCUT2D eigenvalue weighted by Crippen LogP contribution is 2.19. The summed E-state index contributed by atoms with van der Waals surface area (Å²) in [5.41, 5.74) is 6.74. The largest absolute Gasteiger partial charge is 0.337 e. The number of hydrogen-bond donors (Lipinski definition) is 2. The van der Waals surface area contributed by atoms with Crippen molar-refractivity contribution in [1.29, 1.82) is 0 Å². The van der Waals surface area contributed by atoms with Gasteiger partial charge in [0.2, 0.25) is 0 Å². The van der Waals surface area contributed by atoms with Crippen LogP contribution in [0.1, 0.15) is 23.2 Å². The number of piperidine rings is 1.